The minimum absolute atomic E-state index is 0.158. The van der Waals surface area contributed by atoms with Gasteiger partial charge in [-0.05, 0) is 12.8 Å². The fourth-order valence-electron chi connectivity index (χ4n) is 2.56. The smallest absolute Gasteiger partial charge is 0.290 e. The second-order valence-corrected chi connectivity index (χ2v) is 5.76. The highest BCUT2D eigenvalue weighted by molar-refractivity contribution is 5.88. The van der Waals surface area contributed by atoms with Gasteiger partial charge >= 0.3 is 5.69 Å². The van der Waals surface area contributed by atoms with Gasteiger partial charge in [-0.1, -0.05) is 39.5 Å². The number of aromatic nitrogens is 4. The van der Waals surface area contributed by atoms with Crippen LogP contribution in [0.3, 0.4) is 0 Å². The van der Waals surface area contributed by atoms with E-state index in [4.69, 9.17) is 0 Å². The van der Waals surface area contributed by atoms with Crippen LogP contribution in [0.25, 0.3) is 11.2 Å². The third-order valence-electron chi connectivity index (χ3n) is 3.93. The molecule has 0 fully saturated rings. The molecule has 1 N–H and O–H groups in total. The first kappa shape index (κ1) is 17.2. The molecular weight excluding hydrogens is 296 g/mol. The molecule has 0 aliphatic heterocycles. The molecule has 2 aromatic heterocycles. The summed E-state index contributed by atoms with van der Waals surface area (Å²) in [5, 5.41) is 0. The molecule has 0 aromatic carbocycles. The SMILES string of the molecule is CCCCCCC(=O)n1cnc2[nH]c(=O)n(CCCC)c(=O)c21. The molecule has 0 aliphatic carbocycles. The number of nitrogens with one attached hydrogen (secondary N) is 1. The number of fused-ring (bicyclic) bond motifs is 1. The van der Waals surface area contributed by atoms with Crippen LogP contribution >= 0.6 is 0 Å². The standard InChI is InChI=1S/C16H24N4O3/c1-3-5-7-8-9-12(21)20-11-17-14-13(20)15(22)19(10-6-4-2)16(23)18-14/h11H,3-10H2,1-2H3,(H,18,23). The molecule has 0 aliphatic rings. The van der Waals surface area contributed by atoms with Crippen molar-refractivity contribution in [3.63, 3.8) is 0 Å². The van der Waals surface area contributed by atoms with E-state index in [1.54, 1.807) is 0 Å². The lowest BCUT2D eigenvalue weighted by Crippen LogP contribution is -2.36. The molecule has 23 heavy (non-hydrogen) atoms. The monoisotopic (exact) mass is 320 g/mol. The van der Waals surface area contributed by atoms with Crippen LogP contribution in [0.2, 0.25) is 0 Å². The molecule has 2 aromatic rings. The lowest BCUT2D eigenvalue weighted by Gasteiger charge is -2.06. The largest absolute Gasteiger partial charge is 0.330 e. The van der Waals surface area contributed by atoms with E-state index in [-0.39, 0.29) is 17.1 Å². The summed E-state index contributed by atoms with van der Waals surface area (Å²) in [7, 11) is 0. The fourth-order valence-corrected chi connectivity index (χ4v) is 2.56. The van der Waals surface area contributed by atoms with Gasteiger partial charge in [0.25, 0.3) is 5.56 Å². The van der Waals surface area contributed by atoms with Gasteiger partial charge < -0.3 is 0 Å². The summed E-state index contributed by atoms with van der Waals surface area (Å²) in [5.74, 6) is -0.158. The van der Waals surface area contributed by atoms with Crippen LogP contribution in [-0.2, 0) is 6.54 Å². The Hall–Kier alpha value is -2.18. The zero-order valence-electron chi connectivity index (χ0n) is 13.8. The zero-order valence-corrected chi connectivity index (χ0v) is 13.8. The van der Waals surface area contributed by atoms with E-state index in [0.29, 0.717) is 13.0 Å². The summed E-state index contributed by atoms with van der Waals surface area (Å²) in [5.41, 5.74) is -0.580. The lowest BCUT2D eigenvalue weighted by atomic mass is 10.1. The van der Waals surface area contributed by atoms with Crippen molar-refractivity contribution in [3.8, 4) is 0 Å². The van der Waals surface area contributed by atoms with Crippen molar-refractivity contribution in [3.05, 3.63) is 27.2 Å². The Morgan fingerprint density at radius 2 is 1.87 bits per heavy atom. The molecular formula is C16H24N4O3. The molecule has 0 amide bonds. The van der Waals surface area contributed by atoms with Crippen LogP contribution in [0, 0.1) is 0 Å². The van der Waals surface area contributed by atoms with Gasteiger partial charge in [0.2, 0.25) is 5.91 Å². The van der Waals surface area contributed by atoms with E-state index in [9.17, 15) is 14.4 Å². The number of hydrogen-bond acceptors (Lipinski definition) is 4. The Morgan fingerprint density at radius 3 is 2.57 bits per heavy atom. The normalized spacial score (nSPS) is 11.2. The van der Waals surface area contributed by atoms with E-state index in [1.165, 1.54) is 10.9 Å². The van der Waals surface area contributed by atoms with Crippen molar-refractivity contribution in [1.82, 2.24) is 19.1 Å². The van der Waals surface area contributed by atoms with Crippen molar-refractivity contribution < 1.29 is 4.79 Å². The summed E-state index contributed by atoms with van der Waals surface area (Å²) in [6.45, 7) is 4.44. The van der Waals surface area contributed by atoms with Crippen molar-refractivity contribution in [2.45, 2.75) is 65.3 Å². The van der Waals surface area contributed by atoms with E-state index in [1.807, 2.05) is 6.92 Å². The molecule has 2 heterocycles. The summed E-state index contributed by atoms with van der Waals surface area (Å²) in [4.78, 5) is 43.4. The Morgan fingerprint density at radius 1 is 1.13 bits per heavy atom. The maximum absolute atomic E-state index is 12.5. The molecule has 0 bridgehead atoms. The molecule has 7 nitrogen and oxygen atoms in total. The number of aromatic amines is 1. The quantitative estimate of drug-likeness (QED) is 0.756. The van der Waals surface area contributed by atoms with Gasteiger partial charge in [-0.25, -0.2) is 9.78 Å². The van der Waals surface area contributed by atoms with Gasteiger partial charge in [-0.3, -0.25) is 23.7 Å². The van der Waals surface area contributed by atoms with Crippen LogP contribution in [0.15, 0.2) is 15.9 Å². The first-order valence-electron chi connectivity index (χ1n) is 8.33. The van der Waals surface area contributed by atoms with Gasteiger partial charge in [0, 0.05) is 13.0 Å². The maximum atomic E-state index is 12.5. The van der Waals surface area contributed by atoms with Crippen LogP contribution in [-0.4, -0.2) is 25.0 Å². The highest BCUT2D eigenvalue weighted by Crippen LogP contribution is 2.08. The van der Waals surface area contributed by atoms with Gasteiger partial charge in [0.15, 0.2) is 11.2 Å². The summed E-state index contributed by atoms with van der Waals surface area (Å²) >= 11 is 0. The second kappa shape index (κ2) is 7.89. The predicted molar refractivity (Wildman–Crippen MR) is 88.9 cm³/mol. The minimum Gasteiger partial charge on any atom is -0.290 e. The van der Waals surface area contributed by atoms with Crippen molar-refractivity contribution in [2.75, 3.05) is 0 Å². The topological polar surface area (TPSA) is 89.8 Å². The van der Waals surface area contributed by atoms with E-state index >= 15 is 0 Å². The molecule has 0 unspecified atom stereocenters. The van der Waals surface area contributed by atoms with Crippen LogP contribution in [0.4, 0.5) is 0 Å². The summed E-state index contributed by atoms with van der Waals surface area (Å²) < 4.78 is 2.43. The first-order valence-corrected chi connectivity index (χ1v) is 8.33. The molecule has 2 rings (SSSR count). The first-order chi connectivity index (χ1) is 11.1. The van der Waals surface area contributed by atoms with E-state index < -0.39 is 11.2 Å². The van der Waals surface area contributed by atoms with Crippen molar-refractivity contribution >= 4 is 17.1 Å². The summed E-state index contributed by atoms with van der Waals surface area (Å²) in [6, 6.07) is 0. The molecule has 7 heteroatoms. The predicted octanol–water partition coefficient (Wildman–Crippen LogP) is 2.30. The number of imidazole rings is 1. The third kappa shape index (κ3) is 3.78. The average molecular weight is 320 g/mol. The van der Waals surface area contributed by atoms with Crippen molar-refractivity contribution in [1.29, 1.82) is 0 Å². The number of carbonyl (C=O) groups excluding carboxylic acids is 1. The third-order valence-corrected chi connectivity index (χ3v) is 3.93. The Bertz CT molecular complexity index is 785. The Labute approximate surface area is 134 Å². The van der Waals surface area contributed by atoms with Gasteiger partial charge in [0.05, 0.1) is 0 Å². The number of unbranched alkanes of at least 4 members (excludes halogenated alkanes) is 4. The number of carbonyl (C=O) groups is 1. The Balaban J connectivity index is 2.33. The minimum atomic E-state index is -0.475. The number of nitrogens with zero attached hydrogens (tertiary/aromatic N) is 3. The number of hydrogen-bond donors (Lipinski definition) is 1. The zero-order chi connectivity index (χ0) is 16.8. The van der Waals surface area contributed by atoms with Gasteiger partial charge in [-0.2, -0.15) is 0 Å². The van der Waals surface area contributed by atoms with Crippen LogP contribution in [0.1, 0.15) is 63.6 Å². The fraction of sp³-hybridized carbons (Fsp3) is 0.625. The number of rotatable bonds is 8. The van der Waals surface area contributed by atoms with E-state index in [2.05, 4.69) is 16.9 Å². The molecule has 0 atom stereocenters. The molecule has 0 spiro atoms. The van der Waals surface area contributed by atoms with Gasteiger partial charge in [0.1, 0.15) is 6.33 Å². The Kier molecular flexibility index (Phi) is 5.90. The average Bonchev–Trinajstić information content (AvgIpc) is 2.95. The number of H-pyrrole nitrogens is 1. The molecule has 0 saturated carbocycles. The summed E-state index contributed by atoms with van der Waals surface area (Å²) in [6.07, 6.45) is 7.28. The van der Waals surface area contributed by atoms with Crippen LogP contribution < -0.4 is 11.2 Å². The van der Waals surface area contributed by atoms with E-state index in [0.717, 1.165) is 43.1 Å². The van der Waals surface area contributed by atoms with Crippen LogP contribution in [0.5, 0.6) is 0 Å². The highest BCUT2D eigenvalue weighted by atomic mass is 16.2. The second-order valence-electron chi connectivity index (χ2n) is 5.76. The molecule has 0 radical (unpaired) electrons. The van der Waals surface area contributed by atoms with Gasteiger partial charge in [-0.15, -0.1) is 0 Å². The molecule has 0 saturated heterocycles. The molecule has 126 valence electrons. The van der Waals surface area contributed by atoms with Crippen molar-refractivity contribution in [2.24, 2.45) is 0 Å². The maximum Gasteiger partial charge on any atom is 0.330 e. The lowest BCUT2D eigenvalue weighted by molar-refractivity contribution is 0.0903. The highest BCUT2D eigenvalue weighted by Gasteiger charge is 2.16.